The molecule has 0 radical (unpaired) electrons. The highest BCUT2D eigenvalue weighted by Gasteiger charge is 2.43. The number of hydrogen-bond donors (Lipinski definition) is 0. The number of anilines is 6. The first-order chi connectivity index (χ1) is 27.3. The van der Waals surface area contributed by atoms with Crippen molar-refractivity contribution in [2.45, 2.75) is 0 Å². The summed E-state index contributed by atoms with van der Waals surface area (Å²) in [4.78, 5) is 9.12. The van der Waals surface area contributed by atoms with Gasteiger partial charge in [-0.2, -0.15) is 0 Å². The number of rotatable bonds is 6. The number of benzene rings is 8. The van der Waals surface area contributed by atoms with Gasteiger partial charge in [0.05, 0.1) is 23.3 Å². The number of pyridine rings is 1. The number of ether oxygens (including phenoxy) is 2. The molecule has 55 heavy (non-hydrogen) atoms. The monoisotopic (exact) mass is 705 g/mol. The summed E-state index contributed by atoms with van der Waals surface area (Å²) in [5.74, 6) is 3.27. The van der Waals surface area contributed by atoms with E-state index in [9.17, 15) is 0 Å². The molecule has 6 heteroatoms. The summed E-state index contributed by atoms with van der Waals surface area (Å²) in [6, 6.07) is 63.7. The van der Waals surface area contributed by atoms with Crippen molar-refractivity contribution in [1.82, 2.24) is 4.98 Å². The summed E-state index contributed by atoms with van der Waals surface area (Å²) in [5, 5.41) is 4.52. The van der Waals surface area contributed by atoms with Crippen molar-refractivity contribution in [3.05, 3.63) is 194 Å². The fourth-order valence-corrected chi connectivity index (χ4v) is 8.57. The molecule has 11 rings (SSSR count). The maximum atomic E-state index is 6.98. The van der Waals surface area contributed by atoms with E-state index in [2.05, 4.69) is 179 Å². The molecule has 0 unspecified atom stereocenters. The highest BCUT2D eigenvalue weighted by molar-refractivity contribution is 7.01. The lowest BCUT2D eigenvalue weighted by Crippen LogP contribution is -2.58. The molecular weight excluding hydrogens is 673 g/mol. The van der Waals surface area contributed by atoms with E-state index in [4.69, 9.17) is 9.47 Å². The van der Waals surface area contributed by atoms with E-state index in [1.165, 1.54) is 0 Å². The van der Waals surface area contributed by atoms with Gasteiger partial charge in [-0.25, -0.2) is 0 Å². The summed E-state index contributed by atoms with van der Waals surface area (Å²) in [7, 11) is 0. The van der Waals surface area contributed by atoms with Gasteiger partial charge in [0.25, 0.3) is 6.71 Å². The highest BCUT2D eigenvalue weighted by atomic mass is 16.5. The molecule has 0 aliphatic carbocycles. The summed E-state index contributed by atoms with van der Waals surface area (Å²) in [6.45, 7) is -0.151. The van der Waals surface area contributed by atoms with Crippen LogP contribution >= 0.6 is 0 Å². The Balaban J connectivity index is 1.19. The van der Waals surface area contributed by atoms with Crippen LogP contribution in [0.15, 0.2) is 194 Å². The van der Waals surface area contributed by atoms with Gasteiger partial charge in [0.15, 0.2) is 0 Å². The molecule has 3 heterocycles. The Kier molecular flexibility index (Phi) is 7.20. The number of para-hydroxylation sites is 3. The summed E-state index contributed by atoms with van der Waals surface area (Å²) in [6.07, 6.45) is 3.72. The minimum atomic E-state index is -0.151. The van der Waals surface area contributed by atoms with Crippen LogP contribution in [-0.4, -0.2) is 11.7 Å². The SMILES string of the molecule is c1ccc(N(c2ccccc2)c2cc3c(c4ccccc24)B2c4c(cccc4Oc4cc(N(c5ccccc5)c5cccnc5)c5ccccc5c42)O3)cc1. The zero-order chi connectivity index (χ0) is 36.3. The Bertz CT molecular complexity index is 2620. The van der Waals surface area contributed by atoms with E-state index in [1.807, 2.05) is 30.6 Å². The van der Waals surface area contributed by atoms with Crippen molar-refractivity contribution in [1.29, 1.82) is 0 Å². The lowest BCUT2D eigenvalue weighted by molar-refractivity contribution is 0.465. The molecule has 0 atom stereocenters. The summed E-state index contributed by atoms with van der Waals surface area (Å²) >= 11 is 0. The van der Waals surface area contributed by atoms with E-state index in [0.717, 1.165) is 95.1 Å². The molecule has 9 aromatic rings. The van der Waals surface area contributed by atoms with Gasteiger partial charge in [-0.1, -0.05) is 109 Å². The van der Waals surface area contributed by atoms with Crippen LogP contribution in [0.4, 0.5) is 34.1 Å². The Morgan fingerprint density at radius 3 is 1.24 bits per heavy atom. The molecule has 2 aliphatic heterocycles. The average Bonchev–Trinajstić information content (AvgIpc) is 3.25. The van der Waals surface area contributed by atoms with Crippen molar-refractivity contribution in [3.63, 3.8) is 0 Å². The van der Waals surface area contributed by atoms with Crippen molar-refractivity contribution in [3.8, 4) is 23.0 Å². The zero-order valence-corrected chi connectivity index (χ0v) is 29.7. The van der Waals surface area contributed by atoms with Crippen molar-refractivity contribution in [2.24, 2.45) is 0 Å². The molecule has 0 bridgehead atoms. The molecule has 0 fully saturated rings. The standard InChI is InChI=1S/C49H32BN3O2/c1-4-16-33(17-5-1)52(34-18-6-2-7-19-34)41-30-45-47(39-25-12-10-23-37(39)41)50-48-40-26-13-11-24-38(40)42(31-46(48)55-44-28-14-27-43(54-45)49(44)50)53(35-20-8-3-9-21-35)36-22-15-29-51-32-36/h1-32H. The lowest BCUT2D eigenvalue weighted by atomic mass is 9.33. The quantitative estimate of drug-likeness (QED) is 0.161. The Morgan fingerprint density at radius 1 is 0.364 bits per heavy atom. The molecule has 1 aromatic heterocycles. The van der Waals surface area contributed by atoms with Crippen molar-refractivity contribution in [2.75, 3.05) is 9.80 Å². The predicted molar refractivity (Wildman–Crippen MR) is 226 cm³/mol. The van der Waals surface area contributed by atoms with Crippen LogP contribution in [0.5, 0.6) is 23.0 Å². The maximum Gasteiger partial charge on any atom is 0.262 e. The van der Waals surface area contributed by atoms with Crippen LogP contribution in [0.2, 0.25) is 0 Å². The van der Waals surface area contributed by atoms with Crippen LogP contribution in [-0.2, 0) is 0 Å². The largest absolute Gasteiger partial charge is 0.458 e. The van der Waals surface area contributed by atoms with Gasteiger partial charge in [0.1, 0.15) is 23.0 Å². The third-order valence-corrected chi connectivity index (χ3v) is 10.8. The van der Waals surface area contributed by atoms with Gasteiger partial charge < -0.3 is 19.3 Å². The molecule has 258 valence electrons. The number of aromatic nitrogens is 1. The van der Waals surface area contributed by atoms with E-state index >= 15 is 0 Å². The first kappa shape index (κ1) is 31.2. The topological polar surface area (TPSA) is 37.8 Å². The minimum absolute atomic E-state index is 0.151. The highest BCUT2D eigenvalue weighted by Crippen LogP contribution is 2.46. The second-order valence-electron chi connectivity index (χ2n) is 13.9. The number of nitrogens with zero attached hydrogens (tertiary/aromatic N) is 3. The van der Waals surface area contributed by atoms with E-state index in [0.29, 0.717) is 0 Å². The molecular formula is C49H32BN3O2. The lowest BCUT2D eigenvalue weighted by Gasteiger charge is -2.36. The molecule has 0 saturated heterocycles. The molecule has 2 aliphatic rings. The smallest absolute Gasteiger partial charge is 0.262 e. The van der Waals surface area contributed by atoms with Gasteiger partial charge in [0.2, 0.25) is 0 Å². The van der Waals surface area contributed by atoms with Gasteiger partial charge in [-0.05, 0) is 82.4 Å². The van der Waals surface area contributed by atoms with Gasteiger partial charge in [-0.3, -0.25) is 4.98 Å². The van der Waals surface area contributed by atoms with Gasteiger partial charge in [0, 0.05) is 51.6 Å². The second kappa shape index (κ2) is 12.7. The van der Waals surface area contributed by atoms with E-state index < -0.39 is 0 Å². The Morgan fingerprint density at radius 2 is 0.782 bits per heavy atom. The second-order valence-corrected chi connectivity index (χ2v) is 13.9. The van der Waals surface area contributed by atoms with Gasteiger partial charge in [-0.15, -0.1) is 0 Å². The third kappa shape index (κ3) is 4.99. The van der Waals surface area contributed by atoms with Crippen molar-refractivity contribution >= 4 is 78.8 Å². The van der Waals surface area contributed by atoms with Crippen LogP contribution in [0.1, 0.15) is 0 Å². The fourth-order valence-electron chi connectivity index (χ4n) is 8.57. The van der Waals surface area contributed by atoms with Crippen LogP contribution in [0.3, 0.4) is 0 Å². The normalized spacial score (nSPS) is 12.3. The Labute approximate surface area is 319 Å². The molecule has 0 N–H and O–H groups in total. The van der Waals surface area contributed by atoms with E-state index in [1.54, 1.807) is 0 Å². The fraction of sp³-hybridized carbons (Fsp3) is 0. The molecule has 0 spiro atoms. The molecule has 8 aromatic carbocycles. The number of fused-ring (bicyclic) bond motifs is 8. The van der Waals surface area contributed by atoms with Crippen LogP contribution < -0.4 is 35.7 Å². The molecule has 0 saturated carbocycles. The molecule has 0 amide bonds. The summed E-state index contributed by atoms with van der Waals surface area (Å²) in [5.41, 5.74) is 9.53. The Hall–Kier alpha value is -7.31. The first-order valence-corrected chi connectivity index (χ1v) is 18.6. The van der Waals surface area contributed by atoms with E-state index in [-0.39, 0.29) is 6.71 Å². The van der Waals surface area contributed by atoms with Gasteiger partial charge >= 0.3 is 0 Å². The molecule has 5 nitrogen and oxygen atoms in total. The van der Waals surface area contributed by atoms with Crippen LogP contribution in [0.25, 0.3) is 21.5 Å². The predicted octanol–water partition coefficient (Wildman–Crippen LogP) is 11.1. The van der Waals surface area contributed by atoms with Crippen molar-refractivity contribution < 1.29 is 9.47 Å². The zero-order valence-electron chi connectivity index (χ0n) is 29.7. The third-order valence-electron chi connectivity index (χ3n) is 10.8. The first-order valence-electron chi connectivity index (χ1n) is 18.6. The number of hydrogen-bond acceptors (Lipinski definition) is 5. The average molecular weight is 706 g/mol. The van der Waals surface area contributed by atoms with Crippen LogP contribution in [0, 0.1) is 0 Å². The maximum absolute atomic E-state index is 6.98. The summed E-state index contributed by atoms with van der Waals surface area (Å²) < 4.78 is 13.9. The minimum Gasteiger partial charge on any atom is -0.458 e.